The highest BCUT2D eigenvalue weighted by Gasteiger charge is 2.56. The van der Waals surface area contributed by atoms with Gasteiger partial charge in [-0.2, -0.15) is 10.2 Å². The van der Waals surface area contributed by atoms with Crippen molar-refractivity contribution in [2.45, 2.75) is 22.9 Å². The Labute approximate surface area is 243 Å². The smallest absolute Gasteiger partial charge is 0.270 e. The van der Waals surface area contributed by atoms with Gasteiger partial charge in [0.05, 0.1) is 0 Å². The van der Waals surface area contributed by atoms with E-state index in [2.05, 4.69) is 10.2 Å². The van der Waals surface area contributed by atoms with Gasteiger partial charge in [0.1, 0.15) is 22.9 Å². The van der Waals surface area contributed by atoms with Gasteiger partial charge in [0.2, 0.25) is 0 Å². The molecular weight excluding hydrogens is 520 g/mol. The van der Waals surface area contributed by atoms with Crippen LogP contribution in [0.15, 0.2) is 166 Å². The minimum atomic E-state index is -1.12. The normalized spacial score (nSPS) is 20.2. The lowest BCUT2D eigenvalue weighted by Crippen LogP contribution is -2.37. The number of azo groups is 2. The zero-order valence-corrected chi connectivity index (χ0v) is 22.6. The molecule has 2 amide bonds. The van der Waals surface area contributed by atoms with Crippen molar-refractivity contribution >= 4 is 11.8 Å². The van der Waals surface area contributed by atoms with E-state index in [1.165, 1.54) is 0 Å². The lowest BCUT2D eigenvalue weighted by Gasteiger charge is -2.36. The Kier molecular flexibility index (Phi) is 6.24. The molecule has 5 aromatic carbocycles. The number of benzene rings is 5. The lowest BCUT2D eigenvalue weighted by atomic mass is 9.66. The van der Waals surface area contributed by atoms with Gasteiger partial charge in [-0.15, -0.1) is 10.2 Å². The molecule has 6 heteroatoms. The first-order valence-electron chi connectivity index (χ1n) is 13.9. The van der Waals surface area contributed by atoms with Gasteiger partial charge in [-0.05, 0) is 33.4 Å². The molecule has 7 rings (SSSR count). The van der Waals surface area contributed by atoms with E-state index in [0.717, 1.165) is 22.3 Å². The van der Waals surface area contributed by atoms with Crippen molar-refractivity contribution in [3.05, 3.63) is 179 Å². The molecule has 2 unspecified atom stereocenters. The molecule has 0 radical (unpaired) electrons. The molecule has 0 N–H and O–H groups in total. The van der Waals surface area contributed by atoms with Crippen molar-refractivity contribution in [3.8, 4) is 0 Å². The standard InChI is InChI=1S/C36H26N4O2/c41-33-31(35(39-37-33,25-15-5-1-6-16-25)26-17-7-2-8-18-26)29-23-13-14-24-30(29)32-34(42)38-40-36(32,27-19-9-3-10-20-27)28-21-11-4-12-22-28/h1-24,31-32H. The minimum absolute atomic E-state index is 0.362. The Balaban J connectivity index is 1.49. The summed E-state index contributed by atoms with van der Waals surface area (Å²) in [5, 5.41) is 17.8. The summed E-state index contributed by atoms with van der Waals surface area (Å²) in [4.78, 5) is 27.8. The van der Waals surface area contributed by atoms with Gasteiger partial charge in [0.15, 0.2) is 0 Å². The first-order chi connectivity index (χ1) is 20.7. The second kappa shape index (κ2) is 10.2. The highest BCUT2D eigenvalue weighted by molar-refractivity contribution is 5.93. The van der Waals surface area contributed by atoms with Crippen LogP contribution < -0.4 is 0 Å². The summed E-state index contributed by atoms with van der Waals surface area (Å²) in [7, 11) is 0. The molecule has 0 fully saturated rings. The van der Waals surface area contributed by atoms with Crippen LogP contribution in [0.4, 0.5) is 0 Å². The monoisotopic (exact) mass is 546 g/mol. The van der Waals surface area contributed by atoms with E-state index in [1.54, 1.807) is 0 Å². The molecular formula is C36H26N4O2. The van der Waals surface area contributed by atoms with E-state index in [4.69, 9.17) is 10.2 Å². The molecule has 42 heavy (non-hydrogen) atoms. The van der Waals surface area contributed by atoms with Crippen LogP contribution in [-0.2, 0) is 20.7 Å². The number of nitrogens with zero attached hydrogens (tertiary/aromatic N) is 4. The van der Waals surface area contributed by atoms with Crippen molar-refractivity contribution in [2.75, 3.05) is 0 Å². The van der Waals surface area contributed by atoms with Gasteiger partial charge in [-0.25, -0.2) is 0 Å². The Hall–Kier alpha value is -5.36. The van der Waals surface area contributed by atoms with Gasteiger partial charge < -0.3 is 0 Å². The van der Waals surface area contributed by atoms with E-state index in [9.17, 15) is 9.59 Å². The number of hydrogen-bond donors (Lipinski definition) is 0. The maximum absolute atomic E-state index is 13.9. The molecule has 2 heterocycles. The number of hydrogen-bond acceptors (Lipinski definition) is 4. The van der Waals surface area contributed by atoms with Crippen molar-refractivity contribution in [1.82, 2.24) is 0 Å². The molecule has 0 aliphatic carbocycles. The highest BCUT2D eigenvalue weighted by Crippen LogP contribution is 2.55. The number of carbonyl (C=O) groups excluding carboxylic acids is 2. The first kappa shape index (κ1) is 25.6. The van der Waals surface area contributed by atoms with Crippen LogP contribution in [0.3, 0.4) is 0 Å². The second-order valence-electron chi connectivity index (χ2n) is 10.6. The highest BCUT2D eigenvalue weighted by atomic mass is 16.2. The largest absolute Gasteiger partial charge is 0.275 e. The predicted molar refractivity (Wildman–Crippen MR) is 159 cm³/mol. The van der Waals surface area contributed by atoms with E-state index >= 15 is 0 Å². The fourth-order valence-electron chi connectivity index (χ4n) is 6.60. The Bertz CT molecular complexity index is 1610. The Morgan fingerprint density at radius 1 is 0.381 bits per heavy atom. The summed E-state index contributed by atoms with van der Waals surface area (Å²) in [6.07, 6.45) is 0. The van der Waals surface area contributed by atoms with Crippen LogP contribution in [0.25, 0.3) is 0 Å². The van der Waals surface area contributed by atoms with Crippen molar-refractivity contribution in [1.29, 1.82) is 0 Å². The van der Waals surface area contributed by atoms with Crippen molar-refractivity contribution in [2.24, 2.45) is 20.5 Å². The van der Waals surface area contributed by atoms with Crippen molar-refractivity contribution in [3.63, 3.8) is 0 Å². The van der Waals surface area contributed by atoms with E-state index < -0.39 is 22.9 Å². The quantitative estimate of drug-likeness (QED) is 0.218. The average Bonchev–Trinajstić information content (AvgIpc) is 3.60. The molecule has 0 aromatic heterocycles. The number of rotatable bonds is 6. The zero-order valence-electron chi connectivity index (χ0n) is 22.6. The summed E-state index contributed by atoms with van der Waals surface area (Å²) in [6.45, 7) is 0. The lowest BCUT2D eigenvalue weighted by molar-refractivity contribution is -0.120. The molecule has 6 nitrogen and oxygen atoms in total. The van der Waals surface area contributed by atoms with Gasteiger partial charge in [-0.3, -0.25) is 9.59 Å². The molecule has 2 aliphatic rings. The maximum atomic E-state index is 13.9. The summed E-state index contributed by atoms with van der Waals surface area (Å²) < 4.78 is 0. The third kappa shape index (κ3) is 3.79. The van der Waals surface area contributed by atoms with E-state index in [-0.39, 0.29) is 11.8 Å². The van der Waals surface area contributed by atoms with Gasteiger partial charge in [0.25, 0.3) is 11.8 Å². The summed E-state index contributed by atoms with van der Waals surface area (Å²) in [5.41, 5.74) is 2.50. The van der Waals surface area contributed by atoms with Crippen LogP contribution in [0.2, 0.25) is 0 Å². The zero-order chi connectivity index (χ0) is 28.6. The van der Waals surface area contributed by atoms with Crippen LogP contribution >= 0.6 is 0 Å². The van der Waals surface area contributed by atoms with Crippen LogP contribution in [0.5, 0.6) is 0 Å². The van der Waals surface area contributed by atoms with Crippen LogP contribution in [0.1, 0.15) is 45.2 Å². The molecule has 202 valence electrons. The van der Waals surface area contributed by atoms with Gasteiger partial charge in [-0.1, -0.05) is 146 Å². The molecule has 2 atom stereocenters. The number of carbonyl (C=O) groups is 2. The molecule has 0 bridgehead atoms. The fraction of sp³-hybridized carbons (Fsp3) is 0.111. The third-order valence-electron chi connectivity index (χ3n) is 8.42. The molecule has 5 aromatic rings. The third-order valence-corrected chi connectivity index (χ3v) is 8.42. The van der Waals surface area contributed by atoms with Gasteiger partial charge in [0, 0.05) is 0 Å². The molecule has 0 saturated heterocycles. The first-order valence-corrected chi connectivity index (χ1v) is 13.9. The molecule has 0 spiro atoms. The SMILES string of the molecule is O=C1N=NC(c2ccccc2)(c2ccccc2)C1c1ccccc1C1C(=O)N=NC1(c1ccccc1)c1ccccc1. The maximum Gasteiger partial charge on any atom is 0.275 e. The minimum Gasteiger partial charge on any atom is -0.270 e. The second-order valence-corrected chi connectivity index (χ2v) is 10.6. The average molecular weight is 547 g/mol. The van der Waals surface area contributed by atoms with Crippen LogP contribution in [-0.4, -0.2) is 11.8 Å². The Morgan fingerprint density at radius 3 is 0.929 bits per heavy atom. The Morgan fingerprint density at radius 2 is 0.643 bits per heavy atom. The fourth-order valence-corrected chi connectivity index (χ4v) is 6.60. The molecule has 0 saturated carbocycles. The van der Waals surface area contributed by atoms with E-state index in [0.29, 0.717) is 11.1 Å². The predicted octanol–water partition coefficient (Wildman–Crippen LogP) is 7.73. The topological polar surface area (TPSA) is 83.6 Å². The van der Waals surface area contributed by atoms with Crippen LogP contribution in [0, 0.1) is 0 Å². The summed E-state index contributed by atoms with van der Waals surface area (Å²) in [5.74, 6) is -2.34. The van der Waals surface area contributed by atoms with Crippen molar-refractivity contribution < 1.29 is 9.59 Å². The molecule has 2 aliphatic heterocycles. The summed E-state index contributed by atoms with van der Waals surface area (Å²) in [6, 6.07) is 46.7. The van der Waals surface area contributed by atoms with Gasteiger partial charge >= 0.3 is 0 Å². The summed E-state index contributed by atoms with van der Waals surface area (Å²) >= 11 is 0. The number of amides is 2. The van der Waals surface area contributed by atoms with E-state index in [1.807, 2.05) is 146 Å².